The Kier molecular flexibility index (Phi) is 6.38. The number of nitrogens with one attached hydrogen (secondary N) is 1. The van der Waals surface area contributed by atoms with Gasteiger partial charge in [-0.2, -0.15) is 0 Å². The van der Waals surface area contributed by atoms with Crippen molar-refractivity contribution in [2.24, 2.45) is 17.4 Å². The summed E-state index contributed by atoms with van der Waals surface area (Å²) in [5.41, 5.74) is 11.2. The summed E-state index contributed by atoms with van der Waals surface area (Å²) in [5.74, 6) is -0.486. The minimum Gasteiger partial charge on any atom is -0.369 e. The molecule has 2 rings (SSSR count). The molecule has 0 bridgehead atoms. The van der Waals surface area contributed by atoms with Crippen molar-refractivity contribution in [2.45, 2.75) is 44.2 Å². The summed E-state index contributed by atoms with van der Waals surface area (Å²) in [7, 11) is 0. The van der Waals surface area contributed by atoms with Gasteiger partial charge < -0.3 is 16.8 Å². The first-order valence-electron chi connectivity index (χ1n) is 7.36. The molecular formula is C16H24ClN3O2. The van der Waals surface area contributed by atoms with Gasteiger partial charge in [0.15, 0.2) is 0 Å². The van der Waals surface area contributed by atoms with Crippen molar-refractivity contribution < 1.29 is 9.59 Å². The van der Waals surface area contributed by atoms with E-state index in [4.69, 9.17) is 11.5 Å². The molecule has 1 fully saturated rings. The molecule has 0 radical (unpaired) electrons. The van der Waals surface area contributed by atoms with E-state index in [-0.39, 0.29) is 36.2 Å². The van der Waals surface area contributed by atoms with Crippen LogP contribution in [0.3, 0.4) is 0 Å². The average Bonchev–Trinajstić information content (AvgIpc) is 2.48. The molecule has 0 spiro atoms. The maximum atomic E-state index is 12.4. The molecule has 5 nitrogen and oxygen atoms in total. The molecule has 0 aromatic heterocycles. The number of carbonyl (C=O) groups is 2. The quantitative estimate of drug-likeness (QED) is 0.781. The van der Waals surface area contributed by atoms with Crippen LogP contribution in [0.1, 0.15) is 38.2 Å². The zero-order valence-corrected chi connectivity index (χ0v) is 13.6. The van der Waals surface area contributed by atoms with Crippen molar-refractivity contribution in [3.8, 4) is 0 Å². The van der Waals surface area contributed by atoms with Gasteiger partial charge in [0.2, 0.25) is 11.8 Å². The first-order chi connectivity index (χ1) is 9.91. The molecule has 0 aliphatic heterocycles. The lowest BCUT2D eigenvalue weighted by Gasteiger charge is -2.31. The third-order valence-corrected chi connectivity index (χ3v) is 4.31. The third-order valence-electron chi connectivity index (χ3n) is 4.31. The fourth-order valence-corrected chi connectivity index (χ4v) is 2.77. The van der Waals surface area contributed by atoms with Gasteiger partial charge in [0, 0.05) is 12.0 Å². The number of hydrogen-bond acceptors (Lipinski definition) is 3. The predicted molar refractivity (Wildman–Crippen MR) is 88.3 cm³/mol. The van der Waals surface area contributed by atoms with E-state index >= 15 is 0 Å². The van der Waals surface area contributed by atoms with Crippen LogP contribution in [0.5, 0.6) is 0 Å². The molecule has 1 aliphatic rings. The summed E-state index contributed by atoms with van der Waals surface area (Å²) in [6.07, 6.45) is 2.99. The molecule has 1 saturated carbocycles. The lowest BCUT2D eigenvalue weighted by Crippen LogP contribution is -2.52. The molecule has 2 amide bonds. The lowest BCUT2D eigenvalue weighted by molar-refractivity contribution is -0.127. The van der Waals surface area contributed by atoms with Crippen LogP contribution in [-0.4, -0.2) is 17.9 Å². The molecule has 6 heteroatoms. The number of amides is 2. The molecule has 0 saturated heterocycles. The summed E-state index contributed by atoms with van der Waals surface area (Å²) in [4.78, 5) is 23.6. The number of halogens is 1. The maximum Gasteiger partial charge on any atom is 0.244 e. The topological polar surface area (TPSA) is 98.2 Å². The highest BCUT2D eigenvalue weighted by molar-refractivity contribution is 5.87. The van der Waals surface area contributed by atoms with E-state index < -0.39 is 5.54 Å². The van der Waals surface area contributed by atoms with E-state index in [0.717, 1.165) is 31.2 Å². The van der Waals surface area contributed by atoms with Crippen molar-refractivity contribution in [1.82, 2.24) is 5.32 Å². The Morgan fingerprint density at radius 1 is 1.14 bits per heavy atom. The van der Waals surface area contributed by atoms with Gasteiger partial charge in [-0.05, 0) is 38.2 Å². The van der Waals surface area contributed by atoms with Crippen LogP contribution in [0.25, 0.3) is 0 Å². The second kappa shape index (κ2) is 7.61. The summed E-state index contributed by atoms with van der Waals surface area (Å²) in [6, 6.07) is 9.40. The number of rotatable bonds is 4. The highest BCUT2D eigenvalue weighted by atomic mass is 35.5. The van der Waals surface area contributed by atoms with Crippen LogP contribution < -0.4 is 16.8 Å². The van der Waals surface area contributed by atoms with Crippen molar-refractivity contribution in [3.63, 3.8) is 0 Å². The number of hydrogen-bond donors (Lipinski definition) is 3. The minimum atomic E-state index is -1.05. The van der Waals surface area contributed by atoms with E-state index in [1.807, 2.05) is 30.3 Å². The second-order valence-corrected chi connectivity index (χ2v) is 5.99. The summed E-state index contributed by atoms with van der Waals surface area (Å²) in [5, 5.41) is 3.00. The Bertz CT molecular complexity index is 511. The van der Waals surface area contributed by atoms with Gasteiger partial charge >= 0.3 is 0 Å². The van der Waals surface area contributed by atoms with Crippen molar-refractivity contribution >= 4 is 24.2 Å². The van der Waals surface area contributed by atoms with Crippen LogP contribution in [0.4, 0.5) is 0 Å². The van der Waals surface area contributed by atoms with Crippen molar-refractivity contribution in [3.05, 3.63) is 35.9 Å². The molecule has 22 heavy (non-hydrogen) atoms. The summed E-state index contributed by atoms with van der Waals surface area (Å²) in [6.45, 7) is 1.71. The van der Waals surface area contributed by atoms with Gasteiger partial charge in [0.25, 0.3) is 0 Å². The fraction of sp³-hybridized carbons (Fsp3) is 0.500. The molecular weight excluding hydrogens is 302 g/mol. The van der Waals surface area contributed by atoms with Crippen LogP contribution in [0, 0.1) is 5.92 Å². The highest BCUT2D eigenvalue weighted by Gasteiger charge is 2.33. The number of primary amides is 1. The van der Waals surface area contributed by atoms with Gasteiger partial charge in [0.05, 0.1) is 0 Å². The van der Waals surface area contributed by atoms with Gasteiger partial charge in [0.1, 0.15) is 5.54 Å². The van der Waals surface area contributed by atoms with Crippen molar-refractivity contribution in [1.29, 1.82) is 0 Å². The van der Waals surface area contributed by atoms with Gasteiger partial charge in [-0.3, -0.25) is 9.59 Å². The molecule has 1 aromatic rings. The molecule has 1 atom stereocenters. The molecule has 0 heterocycles. The van der Waals surface area contributed by atoms with Gasteiger partial charge in [-0.25, -0.2) is 0 Å². The van der Waals surface area contributed by atoms with Crippen LogP contribution in [-0.2, 0) is 15.1 Å². The van der Waals surface area contributed by atoms with E-state index in [1.165, 1.54) is 0 Å². The second-order valence-electron chi connectivity index (χ2n) is 5.99. The minimum absolute atomic E-state index is 0. The zero-order chi connectivity index (χ0) is 15.5. The normalized spacial score (nSPS) is 23.7. The third kappa shape index (κ3) is 4.21. The predicted octanol–water partition coefficient (Wildman–Crippen LogP) is 1.44. The first-order valence-corrected chi connectivity index (χ1v) is 7.36. The summed E-state index contributed by atoms with van der Waals surface area (Å²) >= 11 is 0. The van der Waals surface area contributed by atoms with E-state index in [2.05, 4.69) is 5.32 Å². The highest BCUT2D eigenvalue weighted by Crippen LogP contribution is 2.25. The number of carbonyl (C=O) groups excluding carboxylic acids is 2. The van der Waals surface area contributed by atoms with E-state index in [0.29, 0.717) is 0 Å². The Morgan fingerprint density at radius 3 is 2.18 bits per heavy atom. The Balaban J connectivity index is 0.00000242. The summed E-state index contributed by atoms with van der Waals surface area (Å²) < 4.78 is 0. The molecule has 5 N–H and O–H groups in total. The Morgan fingerprint density at radius 2 is 1.68 bits per heavy atom. The molecule has 122 valence electrons. The fourth-order valence-electron chi connectivity index (χ4n) is 2.77. The molecule has 1 unspecified atom stereocenters. The lowest BCUT2D eigenvalue weighted by atomic mass is 9.84. The van der Waals surface area contributed by atoms with Gasteiger partial charge in [-0.1, -0.05) is 30.3 Å². The number of nitrogens with two attached hydrogens (primary N) is 2. The number of benzene rings is 1. The molecule has 1 aliphatic carbocycles. The standard InChI is InChI=1S/C16H23N3O2.ClH/c1-16(18,12-5-3-2-4-6-12)15(21)19-13-9-7-11(8-10-13)14(17)20;/h2-6,11,13H,7-10,18H2,1H3,(H2,17,20)(H,19,21);1H. The smallest absolute Gasteiger partial charge is 0.244 e. The van der Waals surface area contributed by atoms with Crippen LogP contribution in [0.15, 0.2) is 30.3 Å². The zero-order valence-electron chi connectivity index (χ0n) is 12.7. The SMILES string of the molecule is CC(N)(C(=O)NC1CCC(C(N)=O)CC1)c1ccccc1.Cl. The van der Waals surface area contributed by atoms with Crippen LogP contribution >= 0.6 is 12.4 Å². The Hall–Kier alpha value is -1.59. The van der Waals surface area contributed by atoms with Crippen molar-refractivity contribution in [2.75, 3.05) is 0 Å². The largest absolute Gasteiger partial charge is 0.369 e. The molecule has 1 aromatic carbocycles. The van der Waals surface area contributed by atoms with Gasteiger partial charge in [-0.15, -0.1) is 12.4 Å². The average molecular weight is 326 g/mol. The van der Waals surface area contributed by atoms with E-state index in [1.54, 1.807) is 6.92 Å². The Labute approximate surface area is 137 Å². The monoisotopic (exact) mass is 325 g/mol. The van der Waals surface area contributed by atoms with Crippen LogP contribution in [0.2, 0.25) is 0 Å². The van der Waals surface area contributed by atoms with E-state index in [9.17, 15) is 9.59 Å². The first kappa shape index (κ1) is 18.5. The maximum absolute atomic E-state index is 12.4.